The van der Waals surface area contributed by atoms with E-state index in [1.54, 1.807) is 18.3 Å². The van der Waals surface area contributed by atoms with Crippen molar-refractivity contribution < 1.29 is 4.74 Å². The van der Waals surface area contributed by atoms with Gasteiger partial charge in [0.25, 0.3) is 0 Å². The minimum Gasteiger partial charge on any atom is -0.457 e. The minimum absolute atomic E-state index is 0.264. The maximum absolute atomic E-state index is 5.69. The largest absolute Gasteiger partial charge is 0.457 e. The average molecular weight is 244 g/mol. The van der Waals surface area contributed by atoms with E-state index in [0.717, 1.165) is 11.3 Å². The van der Waals surface area contributed by atoms with E-state index in [1.807, 2.05) is 31.2 Å². The Morgan fingerprint density at radius 3 is 2.71 bits per heavy atom. The van der Waals surface area contributed by atoms with Gasteiger partial charge in [-0.25, -0.2) is 0 Å². The summed E-state index contributed by atoms with van der Waals surface area (Å²) in [6, 6.07) is 11.3. The molecule has 0 saturated heterocycles. The summed E-state index contributed by atoms with van der Waals surface area (Å²) in [6.07, 6.45) is 1.62. The first-order valence-corrected chi connectivity index (χ1v) is 5.56. The van der Waals surface area contributed by atoms with Crippen LogP contribution in [-0.4, -0.2) is 9.97 Å². The number of hydrogen-bond acceptors (Lipinski definition) is 3. The Morgan fingerprint density at radius 2 is 2.00 bits per heavy atom. The Balaban J connectivity index is 2.24. The molecule has 0 aliphatic carbocycles. The van der Waals surface area contributed by atoms with Crippen LogP contribution in [0.15, 0.2) is 42.6 Å². The number of aromatic nitrogens is 1. The van der Waals surface area contributed by atoms with Crippen molar-refractivity contribution in [1.82, 2.24) is 4.98 Å². The van der Waals surface area contributed by atoms with Gasteiger partial charge >= 0.3 is 0 Å². The van der Waals surface area contributed by atoms with Crippen molar-refractivity contribution in [3.63, 3.8) is 0 Å². The van der Waals surface area contributed by atoms with Gasteiger partial charge in [-0.2, -0.15) is 0 Å². The topological polar surface area (TPSA) is 48.1 Å². The Kier molecular flexibility index (Phi) is 3.35. The van der Waals surface area contributed by atoms with E-state index in [0.29, 0.717) is 11.4 Å². The van der Waals surface area contributed by atoms with E-state index in [1.165, 1.54) is 0 Å². The third-order valence-electron chi connectivity index (χ3n) is 2.21. The molecule has 2 rings (SSSR count). The molecule has 0 spiro atoms. The van der Waals surface area contributed by atoms with Crippen molar-refractivity contribution in [3.8, 4) is 11.5 Å². The summed E-state index contributed by atoms with van der Waals surface area (Å²) in [6.45, 7) is 2.01. The van der Waals surface area contributed by atoms with Gasteiger partial charge in [-0.15, -0.1) is 0 Å². The molecule has 0 atom stereocenters. The van der Waals surface area contributed by atoms with E-state index in [4.69, 9.17) is 22.7 Å². The van der Waals surface area contributed by atoms with Crippen LogP contribution in [0.1, 0.15) is 11.3 Å². The van der Waals surface area contributed by atoms with Gasteiger partial charge in [0, 0.05) is 12.3 Å². The molecule has 0 fully saturated rings. The van der Waals surface area contributed by atoms with Crippen molar-refractivity contribution in [3.05, 3.63) is 53.9 Å². The second-order valence-electron chi connectivity index (χ2n) is 3.66. The molecule has 3 nitrogen and oxygen atoms in total. The molecule has 1 heterocycles. The Hall–Kier alpha value is -1.94. The van der Waals surface area contributed by atoms with E-state index < -0.39 is 0 Å². The smallest absolute Gasteiger partial charge is 0.131 e. The summed E-state index contributed by atoms with van der Waals surface area (Å²) < 4.78 is 5.69. The predicted octanol–water partition coefficient (Wildman–Crippen LogP) is 2.82. The molecule has 0 radical (unpaired) electrons. The molecule has 4 heteroatoms. The van der Waals surface area contributed by atoms with E-state index in [2.05, 4.69) is 4.98 Å². The molecule has 1 aromatic heterocycles. The van der Waals surface area contributed by atoms with Gasteiger partial charge in [-0.05, 0) is 30.7 Å². The lowest BCUT2D eigenvalue weighted by molar-refractivity contribution is 0.481. The van der Waals surface area contributed by atoms with Crippen molar-refractivity contribution in [2.24, 2.45) is 5.73 Å². The van der Waals surface area contributed by atoms with Crippen LogP contribution in [0.25, 0.3) is 0 Å². The lowest BCUT2D eigenvalue weighted by Crippen LogP contribution is -2.11. The first-order chi connectivity index (χ1) is 8.15. The molecule has 0 aliphatic rings. The van der Waals surface area contributed by atoms with Gasteiger partial charge < -0.3 is 10.5 Å². The first-order valence-electron chi connectivity index (χ1n) is 5.15. The zero-order chi connectivity index (χ0) is 12.3. The molecular formula is C13H12N2OS. The second-order valence-corrected chi connectivity index (χ2v) is 4.10. The van der Waals surface area contributed by atoms with E-state index in [9.17, 15) is 0 Å². The minimum atomic E-state index is 0.264. The lowest BCUT2D eigenvalue weighted by Gasteiger charge is -2.07. The molecule has 0 unspecified atom stereocenters. The fraction of sp³-hybridized carbons (Fsp3) is 0.0769. The van der Waals surface area contributed by atoms with Crippen LogP contribution < -0.4 is 10.5 Å². The molecule has 0 amide bonds. The van der Waals surface area contributed by atoms with Crippen LogP contribution in [-0.2, 0) is 0 Å². The third kappa shape index (κ3) is 3.01. The summed E-state index contributed by atoms with van der Waals surface area (Å²) in [4.78, 5) is 4.32. The number of aryl methyl sites for hydroxylation is 1. The Bertz CT molecular complexity index is 555. The fourth-order valence-corrected chi connectivity index (χ4v) is 1.54. The van der Waals surface area contributed by atoms with Gasteiger partial charge in [-0.3, -0.25) is 4.98 Å². The summed E-state index contributed by atoms with van der Waals surface area (Å²) in [7, 11) is 0. The van der Waals surface area contributed by atoms with Crippen molar-refractivity contribution in [2.45, 2.75) is 6.92 Å². The van der Waals surface area contributed by atoms with Crippen LogP contribution >= 0.6 is 12.2 Å². The molecule has 0 aliphatic heterocycles. The quantitative estimate of drug-likeness (QED) is 0.843. The summed E-state index contributed by atoms with van der Waals surface area (Å²) in [5.74, 6) is 1.46. The SMILES string of the molecule is Cc1cccc(Oc2ccnc(C(N)=S)c2)c1. The van der Waals surface area contributed by atoms with Crippen LogP contribution in [0.5, 0.6) is 11.5 Å². The molecule has 1 aromatic carbocycles. The van der Waals surface area contributed by atoms with Crippen molar-refractivity contribution in [1.29, 1.82) is 0 Å². The summed E-state index contributed by atoms with van der Waals surface area (Å²) >= 11 is 4.87. The van der Waals surface area contributed by atoms with Gasteiger partial charge in [0.15, 0.2) is 0 Å². The maximum Gasteiger partial charge on any atom is 0.131 e. The maximum atomic E-state index is 5.69. The molecule has 2 aromatic rings. The number of thiocarbonyl (C=S) groups is 1. The average Bonchev–Trinajstić information content (AvgIpc) is 2.29. The molecule has 17 heavy (non-hydrogen) atoms. The monoisotopic (exact) mass is 244 g/mol. The number of benzene rings is 1. The number of pyridine rings is 1. The highest BCUT2D eigenvalue weighted by atomic mass is 32.1. The van der Waals surface area contributed by atoms with Crippen LogP contribution in [0, 0.1) is 6.92 Å². The second kappa shape index (κ2) is 4.93. The lowest BCUT2D eigenvalue weighted by atomic mass is 10.2. The fourth-order valence-electron chi connectivity index (χ4n) is 1.42. The number of rotatable bonds is 3. The van der Waals surface area contributed by atoms with E-state index >= 15 is 0 Å². The van der Waals surface area contributed by atoms with Crippen LogP contribution in [0.2, 0.25) is 0 Å². The van der Waals surface area contributed by atoms with Gasteiger partial charge in [0.2, 0.25) is 0 Å². The summed E-state index contributed by atoms with van der Waals surface area (Å²) in [5.41, 5.74) is 7.22. The van der Waals surface area contributed by atoms with E-state index in [-0.39, 0.29) is 4.99 Å². The van der Waals surface area contributed by atoms with Crippen LogP contribution in [0.3, 0.4) is 0 Å². The van der Waals surface area contributed by atoms with Crippen LogP contribution in [0.4, 0.5) is 0 Å². The van der Waals surface area contributed by atoms with Gasteiger partial charge in [0.1, 0.15) is 22.2 Å². The zero-order valence-corrected chi connectivity index (χ0v) is 10.2. The highest BCUT2D eigenvalue weighted by molar-refractivity contribution is 7.80. The Morgan fingerprint density at radius 1 is 1.24 bits per heavy atom. The summed E-state index contributed by atoms with van der Waals surface area (Å²) in [5, 5.41) is 0. The molecule has 0 bridgehead atoms. The predicted molar refractivity (Wildman–Crippen MR) is 71.4 cm³/mol. The van der Waals surface area contributed by atoms with Crippen molar-refractivity contribution in [2.75, 3.05) is 0 Å². The Labute approximate surface area is 105 Å². The molecule has 86 valence electrons. The van der Waals surface area contributed by atoms with Gasteiger partial charge in [-0.1, -0.05) is 24.4 Å². The molecular weight excluding hydrogens is 232 g/mol. The normalized spacial score (nSPS) is 9.94. The molecule has 2 N–H and O–H groups in total. The van der Waals surface area contributed by atoms with Gasteiger partial charge in [0.05, 0.1) is 0 Å². The molecule has 0 saturated carbocycles. The number of nitrogens with two attached hydrogens (primary N) is 1. The third-order valence-corrected chi connectivity index (χ3v) is 2.42. The number of nitrogens with zero attached hydrogens (tertiary/aromatic N) is 1. The standard InChI is InChI=1S/C13H12N2OS/c1-9-3-2-4-10(7-9)16-11-5-6-15-12(8-11)13(14)17/h2-8H,1H3,(H2,14,17). The highest BCUT2D eigenvalue weighted by Crippen LogP contribution is 2.22. The number of ether oxygens (including phenoxy) is 1. The van der Waals surface area contributed by atoms with Crippen molar-refractivity contribution >= 4 is 17.2 Å². The number of hydrogen-bond donors (Lipinski definition) is 1. The first kappa shape index (κ1) is 11.5. The zero-order valence-electron chi connectivity index (χ0n) is 9.38. The highest BCUT2D eigenvalue weighted by Gasteiger charge is 2.02.